The van der Waals surface area contributed by atoms with Crippen LogP contribution in [0.5, 0.6) is 5.75 Å². The van der Waals surface area contributed by atoms with E-state index >= 15 is 0 Å². The Labute approximate surface area is 109 Å². The third-order valence-electron chi connectivity index (χ3n) is 2.17. The lowest BCUT2D eigenvalue weighted by molar-refractivity contribution is 0.224. The van der Waals surface area contributed by atoms with Crippen LogP contribution in [0, 0.1) is 0 Å². The van der Waals surface area contributed by atoms with Gasteiger partial charge in [-0.2, -0.15) is 5.48 Å². The molecule has 0 aromatic heterocycles. The van der Waals surface area contributed by atoms with Crippen LogP contribution < -0.4 is 15.2 Å². The molecule has 3 nitrogen and oxygen atoms in total. The SMILES string of the molecule is CCN(CC)c1cccc(ONC)c1.I. The van der Waals surface area contributed by atoms with Crippen LogP contribution in [0.3, 0.4) is 0 Å². The van der Waals surface area contributed by atoms with Crippen LogP contribution in [0.4, 0.5) is 5.69 Å². The minimum atomic E-state index is 0. The van der Waals surface area contributed by atoms with Crippen molar-refractivity contribution in [2.75, 3.05) is 25.0 Å². The van der Waals surface area contributed by atoms with Gasteiger partial charge in [0.05, 0.1) is 0 Å². The second-order valence-corrected chi connectivity index (χ2v) is 2.98. The lowest BCUT2D eigenvalue weighted by atomic mass is 10.2. The van der Waals surface area contributed by atoms with Crippen molar-refractivity contribution >= 4 is 29.7 Å². The van der Waals surface area contributed by atoms with Gasteiger partial charge in [0.2, 0.25) is 0 Å². The number of nitrogens with one attached hydrogen (secondary N) is 1. The molecule has 0 amide bonds. The normalized spacial score (nSPS) is 9.27. The van der Waals surface area contributed by atoms with Gasteiger partial charge in [-0.05, 0) is 26.0 Å². The van der Waals surface area contributed by atoms with Gasteiger partial charge in [-0.1, -0.05) is 6.07 Å². The van der Waals surface area contributed by atoms with Gasteiger partial charge < -0.3 is 9.74 Å². The average Bonchev–Trinajstić information content (AvgIpc) is 2.21. The molecule has 0 aliphatic rings. The number of rotatable bonds is 5. The molecule has 0 aliphatic carbocycles. The van der Waals surface area contributed by atoms with Gasteiger partial charge in [0.1, 0.15) is 5.75 Å². The zero-order valence-corrected chi connectivity index (χ0v) is 11.8. The second kappa shape index (κ2) is 7.76. The Morgan fingerprint density at radius 3 is 2.47 bits per heavy atom. The lowest BCUT2D eigenvalue weighted by Crippen LogP contribution is -2.21. The van der Waals surface area contributed by atoms with Gasteiger partial charge in [-0.3, -0.25) is 0 Å². The first-order valence-corrected chi connectivity index (χ1v) is 5.00. The molecule has 1 rings (SSSR count). The smallest absolute Gasteiger partial charge is 0.149 e. The van der Waals surface area contributed by atoms with E-state index < -0.39 is 0 Å². The molecule has 0 saturated heterocycles. The van der Waals surface area contributed by atoms with Gasteiger partial charge in [-0.25, -0.2) is 0 Å². The summed E-state index contributed by atoms with van der Waals surface area (Å²) in [6, 6.07) is 8.06. The molecule has 1 N–H and O–H groups in total. The highest BCUT2D eigenvalue weighted by Gasteiger charge is 2.02. The summed E-state index contributed by atoms with van der Waals surface area (Å²) >= 11 is 0. The predicted molar refractivity (Wildman–Crippen MR) is 75.1 cm³/mol. The van der Waals surface area contributed by atoms with E-state index in [0.717, 1.165) is 18.8 Å². The molecular formula is C11H19IN2O. The zero-order valence-electron chi connectivity index (χ0n) is 9.49. The van der Waals surface area contributed by atoms with Crippen molar-refractivity contribution in [3.8, 4) is 5.75 Å². The van der Waals surface area contributed by atoms with Gasteiger partial charge in [0.15, 0.2) is 0 Å². The third kappa shape index (κ3) is 4.25. The summed E-state index contributed by atoms with van der Waals surface area (Å²) in [5, 5.41) is 0. The van der Waals surface area contributed by atoms with Crippen molar-refractivity contribution in [2.45, 2.75) is 13.8 Å². The Balaban J connectivity index is 0.00000196. The largest absolute Gasteiger partial charge is 0.409 e. The standard InChI is InChI=1S/C11H18N2O.HI/c1-4-13(5-2)10-7-6-8-11(9-10)14-12-3;/h6-9,12H,4-5H2,1-3H3;1H. The highest BCUT2D eigenvalue weighted by Crippen LogP contribution is 2.20. The Hall–Kier alpha value is -0.490. The first-order chi connectivity index (χ1) is 6.81. The van der Waals surface area contributed by atoms with Gasteiger partial charge >= 0.3 is 0 Å². The summed E-state index contributed by atoms with van der Waals surface area (Å²) < 4.78 is 0. The number of nitrogens with zero attached hydrogens (tertiary/aromatic N) is 1. The van der Waals surface area contributed by atoms with Crippen LogP contribution in [0.25, 0.3) is 0 Å². The van der Waals surface area contributed by atoms with Crippen molar-refractivity contribution in [1.82, 2.24) is 5.48 Å². The number of hydrogen-bond donors (Lipinski definition) is 1. The molecule has 1 aromatic carbocycles. The Morgan fingerprint density at radius 2 is 1.93 bits per heavy atom. The van der Waals surface area contributed by atoms with Crippen LogP contribution in [0.1, 0.15) is 13.8 Å². The third-order valence-corrected chi connectivity index (χ3v) is 2.17. The minimum absolute atomic E-state index is 0. The Morgan fingerprint density at radius 1 is 1.27 bits per heavy atom. The van der Waals surface area contributed by atoms with Crippen molar-refractivity contribution in [2.24, 2.45) is 0 Å². The monoisotopic (exact) mass is 322 g/mol. The summed E-state index contributed by atoms with van der Waals surface area (Å²) in [6.45, 7) is 6.32. The van der Waals surface area contributed by atoms with Crippen molar-refractivity contribution in [3.63, 3.8) is 0 Å². The first kappa shape index (κ1) is 14.5. The Kier molecular flexibility index (Phi) is 7.50. The van der Waals surface area contributed by atoms with Gasteiger partial charge in [-0.15, -0.1) is 24.0 Å². The van der Waals surface area contributed by atoms with Crippen molar-refractivity contribution in [1.29, 1.82) is 0 Å². The number of benzene rings is 1. The molecule has 1 aromatic rings. The van der Waals surface area contributed by atoms with E-state index in [2.05, 4.69) is 30.3 Å². The van der Waals surface area contributed by atoms with Gasteiger partial charge in [0, 0.05) is 31.9 Å². The quantitative estimate of drug-likeness (QED) is 0.666. The average molecular weight is 322 g/mol. The Bertz CT molecular complexity index is 277. The van der Waals surface area contributed by atoms with Crippen LogP contribution in [-0.2, 0) is 0 Å². The zero-order chi connectivity index (χ0) is 10.4. The molecule has 0 radical (unpaired) electrons. The van der Waals surface area contributed by atoms with E-state index in [9.17, 15) is 0 Å². The molecule has 86 valence electrons. The van der Waals surface area contributed by atoms with Crippen LogP contribution >= 0.6 is 24.0 Å². The molecule has 0 atom stereocenters. The molecule has 4 heteroatoms. The summed E-state index contributed by atoms with van der Waals surface area (Å²) in [7, 11) is 1.75. The number of halogens is 1. The molecule has 0 fully saturated rings. The second-order valence-electron chi connectivity index (χ2n) is 2.98. The van der Waals surface area contributed by atoms with Crippen molar-refractivity contribution in [3.05, 3.63) is 24.3 Å². The number of anilines is 1. The van der Waals surface area contributed by atoms with Crippen molar-refractivity contribution < 1.29 is 4.84 Å². The molecule has 0 unspecified atom stereocenters. The molecule has 0 saturated carbocycles. The van der Waals surface area contributed by atoms with E-state index in [4.69, 9.17) is 4.84 Å². The summed E-state index contributed by atoms with van der Waals surface area (Å²) in [5.74, 6) is 0.844. The van der Waals surface area contributed by atoms with E-state index in [1.807, 2.05) is 18.2 Å². The van der Waals surface area contributed by atoms with E-state index in [0.29, 0.717) is 0 Å². The summed E-state index contributed by atoms with van der Waals surface area (Å²) in [6.07, 6.45) is 0. The summed E-state index contributed by atoms with van der Waals surface area (Å²) in [5.41, 5.74) is 3.86. The highest BCUT2D eigenvalue weighted by atomic mass is 127. The van der Waals surface area contributed by atoms with E-state index in [1.54, 1.807) is 7.05 Å². The molecule has 0 bridgehead atoms. The first-order valence-electron chi connectivity index (χ1n) is 5.00. The molecule has 0 spiro atoms. The number of hydroxylamine groups is 1. The fraction of sp³-hybridized carbons (Fsp3) is 0.455. The molecule has 15 heavy (non-hydrogen) atoms. The predicted octanol–water partition coefficient (Wildman–Crippen LogP) is 2.66. The number of hydrogen-bond acceptors (Lipinski definition) is 3. The van der Waals surface area contributed by atoms with Gasteiger partial charge in [0.25, 0.3) is 0 Å². The topological polar surface area (TPSA) is 24.5 Å². The highest BCUT2D eigenvalue weighted by molar-refractivity contribution is 14.0. The molecule has 0 heterocycles. The maximum absolute atomic E-state index is 5.21. The van der Waals surface area contributed by atoms with Crippen LogP contribution in [-0.4, -0.2) is 20.1 Å². The molecule has 0 aliphatic heterocycles. The fourth-order valence-corrected chi connectivity index (χ4v) is 1.45. The minimum Gasteiger partial charge on any atom is -0.409 e. The van der Waals surface area contributed by atoms with Crippen LogP contribution in [0.15, 0.2) is 24.3 Å². The van der Waals surface area contributed by atoms with E-state index in [-0.39, 0.29) is 24.0 Å². The lowest BCUT2D eigenvalue weighted by Gasteiger charge is -2.21. The molecular weight excluding hydrogens is 303 g/mol. The van der Waals surface area contributed by atoms with E-state index in [1.165, 1.54) is 5.69 Å². The fourth-order valence-electron chi connectivity index (χ4n) is 1.45. The summed E-state index contributed by atoms with van der Waals surface area (Å²) in [4.78, 5) is 7.49. The maximum Gasteiger partial charge on any atom is 0.149 e. The maximum atomic E-state index is 5.21. The van der Waals surface area contributed by atoms with Crippen LogP contribution in [0.2, 0.25) is 0 Å².